The van der Waals surface area contributed by atoms with Crippen molar-refractivity contribution < 1.29 is 0 Å². The van der Waals surface area contributed by atoms with E-state index >= 15 is 0 Å². The van der Waals surface area contributed by atoms with Gasteiger partial charge in [0, 0.05) is 42.4 Å². The third-order valence-electron chi connectivity index (χ3n) is 2.95. The zero-order chi connectivity index (χ0) is 13.0. The van der Waals surface area contributed by atoms with Crippen LogP contribution in [0.1, 0.15) is 15.6 Å². The minimum atomic E-state index is 0. The Morgan fingerprint density at radius 1 is 1.37 bits per heavy atom. The van der Waals surface area contributed by atoms with Crippen LogP contribution in [0.2, 0.25) is 0 Å². The van der Waals surface area contributed by atoms with E-state index in [-0.39, 0.29) is 24.0 Å². The number of aryl methyl sites for hydroxylation is 2. The molecule has 2 rings (SSSR count). The first kappa shape index (κ1) is 17.0. The summed E-state index contributed by atoms with van der Waals surface area (Å²) in [5.41, 5.74) is 7.15. The van der Waals surface area contributed by atoms with Gasteiger partial charge < -0.3 is 10.6 Å². The Morgan fingerprint density at radius 2 is 2.05 bits per heavy atom. The monoisotopic (exact) mass is 412 g/mol. The lowest BCUT2D eigenvalue weighted by Gasteiger charge is -2.27. The SMILES string of the molecule is Cc1nc(C)c(CCN=C(N)N2CCSCC2)s1.I. The molecule has 0 saturated carbocycles. The number of thiazole rings is 1. The van der Waals surface area contributed by atoms with Gasteiger partial charge in [0.15, 0.2) is 5.96 Å². The van der Waals surface area contributed by atoms with Gasteiger partial charge in [0.25, 0.3) is 0 Å². The topological polar surface area (TPSA) is 54.5 Å². The molecule has 4 nitrogen and oxygen atoms in total. The number of nitrogens with two attached hydrogens (primary N) is 1. The van der Waals surface area contributed by atoms with E-state index in [0.717, 1.165) is 48.3 Å². The van der Waals surface area contributed by atoms with Gasteiger partial charge in [-0.05, 0) is 13.8 Å². The van der Waals surface area contributed by atoms with Crippen molar-refractivity contribution in [1.29, 1.82) is 0 Å². The van der Waals surface area contributed by atoms with E-state index in [1.54, 1.807) is 11.3 Å². The number of thioether (sulfide) groups is 1. The highest BCUT2D eigenvalue weighted by molar-refractivity contribution is 14.0. The van der Waals surface area contributed by atoms with Gasteiger partial charge in [0.1, 0.15) is 0 Å². The Labute approximate surface area is 140 Å². The molecule has 19 heavy (non-hydrogen) atoms. The fourth-order valence-electron chi connectivity index (χ4n) is 1.97. The van der Waals surface area contributed by atoms with Crippen molar-refractivity contribution in [3.63, 3.8) is 0 Å². The summed E-state index contributed by atoms with van der Waals surface area (Å²) >= 11 is 3.75. The van der Waals surface area contributed by atoms with Gasteiger partial charge in [-0.25, -0.2) is 4.98 Å². The summed E-state index contributed by atoms with van der Waals surface area (Å²) in [5.74, 6) is 3.02. The Morgan fingerprint density at radius 3 is 2.63 bits per heavy atom. The van der Waals surface area contributed by atoms with Crippen molar-refractivity contribution >= 4 is 53.0 Å². The molecule has 1 fully saturated rings. The lowest BCUT2D eigenvalue weighted by Crippen LogP contribution is -2.42. The van der Waals surface area contributed by atoms with Crippen molar-refractivity contribution in [2.45, 2.75) is 20.3 Å². The van der Waals surface area contributed by atoms with Crippen LogP contribution in [0.15, 0.2) is 4.99 Å². The molecule has 1 aliphatic rings. The van der Waals surface area contributed by atoms with Crippen molar-refractivity contribution in [3.05, 3.63) is 15.6 Å². The van der Waals surface area contributed by atoms with Gasteiger partial charge in [0.2, 0.25) is 0 Å². The van der Waals surface area contributed by atoms with Gasteiger partial charge in [-0.2, -0.15) is 11.8 Å². The maximum atomic E-state index is 6.01. The molecule has 2 heterocycles. The Kier molecular flexibility index (Phi) is 7.45. The van der Waals surface area contributed by atoms with Crippen molar-refractivity contribution in [2.75, 3.05) is 31.1 Å². The smallest absolute Gasteiger partial charge is 0.191 e. The second kappa shape index (κ2) is 8.31. The van der Waals surface area contributed by atoms with Gasteiger partial charge in [0.05, 0.1) is 10.7 Å². The van der Waals surface area contributed by atoms with E-state index in [1.165, 1.54) is 4.88 Å². The van der Waals surface area contributed by atoms with Gasteiger partial charge in [-0.15, -0.1) is 35.3 Å². The third kappa shape index (κ3) is 5.11. The number of aromatic nitrogens is 1. The van der Waals surface area contributed by atoms with Crippen LogP contribution in [-0.2, 0) is 6.42 Å². The summed E-state index contributed by atoms with van der Waals surface area (Å²) in [6, 6.07) is 0. The Bertz CT molecular complexity index is 427. The molecule has 0 atom stereocenters. The molecule has 1 saturated heterocycles. The molecule has 1 aliphatic heterocycles. The molecule has 0 aliphatic carbocycles. The van der Waals surface area contributed by atoms with E-state index in [1.807, 2.05) is 18.7 Å². The Hall–Kier alpha value is -0.0200. The fourth-order valence-corrected chi connectivity index (χ4v) is 3.80. The number of hydrogen-bond donors (Lipinski definition) is 1. The number of aliphatic imine (C=N–C) groups is 1. The molecule has 0 amide bonds. The summed E-state index contributed by atoms with van der Waals surface area (Å²) in [5, 5.41) is 1.13. The predicted octanol–water partition coefficient (Wildman–Crippen LogP) is 2.28. The number of halogens is 1. The first-order valence-corrected chi connectivity index (χ1v) is 8.19. The molecule has 0 spiro atoms. The minimum Gasteiger partial charge on any atom is -0.370 e. The highest BCUT2D eigenvalue weighted by Gasteiger charge is 2.12. The van der Waals surface area contributed by atoms with E-state index in [2.05, 4.69) is 21.8 Å². The lowest BCUT2D eigenvalue weighted by molar-refractivity contribution is 0.456. The summed E-state index contributed by atoms with van der Waals surface area (Å²) in [6.45, 7) is 6.92. The number of guanidine groups is 1. The molecule has 2 N–H and O–H groups in total. The lowest BCUT2D eigenvalue weighted by atomic mass is 10.3. The van der Waals surface area contributed by atoms with E-state index in [4.69, 9.17) is 5.73 Å². The molecular weight excluding hydrogens is 391 g/mol. The van der Waals surface area contributed by atoms with Crippen molar-refractivity contribution in [3.8, 4) is 0 Å². The average molecular weight is 412 g/mol. The molecule has 0 bridgehead atoms. The Balaban J connectivity index is 0.00000180. The maximum absolute atomic E-state index is 6.01. The van der Waals surface area contributed by atoms with Gasteiger partial charge in [-0.3, -0.25) is 4.99 Å². The molecule has 0 radical (unpaired) electrons. The first-order chi connectivity index (χ1) is 8.66. The van der Waals surface area contributed by atoms with Crippen LogP contribution in [-0.4, -0.2) is 47.0 Å². The van der Waals surface area contributed by atoms with Gasteiger partial charge >= 0.3 is 0 Å². The highest BCUT2D eigenvalue weighted by atomic mass is 127. The zero-order valence-electron chi connectivity index (χ0n) is 11.4. The minimum absolute atomic E-state index is 0. The second-order valence-electron chi connectivity index (χ2n) is 4.33. The quantitative estimate of drug-likeness (QED) is 0.470. The summed E-state index contributed by atoms with van der Waals surface area (Å²) in [7, 11) is 0. The zero-order valence-corrected chi connectivity index (χ0v) is 15.3. The first-order valence-electron chi connectivity index (χ1n) is 6.22. The van der Waals surface area contributed by atoms with Crippen molar-refractivity contribution in [2.24, 2.45) is 10.7 Å². The molecule has 7 heteroatoms. The van der Waals surface area contributed by atoms with Crippen LogP contribution in [0.5, 0.6) is 0 Å². The number of rotatable bonds is 3. The molecule has 0 unspecified atom stereocenters. The normalized spacial score (nSPS) is 16.3. The molecular formula is C12H21IN4S2. The predicted molar refractivity (Wildman–Crippen MR) is 96.1 cm³/mol. The second-order valence-corrected chi connectivity index (χ2v) is 6.84. The van der Waals surface area contributed by atoms with Crippen LogP contribution < -0.4 is 5.73 Å². The summed E-state index contributed by atoms with van der Waals surface area (Å²) < 4.78 is 0. The fraction of sp³-hybridized carbons (Fsp3) is 0.667. The molecule has 108 valence electrons. The summed E-state index contributed by atoms with van der Waals surface area (Å²) in [4.78, 5) is 12.4. The number of hydrogen-bond acceptors (Lipinski definition) is 4. The number of nitrogens with zero attached hydrogens (tertiary/aromatic N) is 3. The highest BCUT2D eigenvalue weighted by Crippen LogP contribution is 2.17. The third-order valence-corrected chi connectivity index (χ3v) is 5.02. The summed E-state index contributed by atoms with van der Waals surface area (Å²) in [6.07, 6.45) is 0.945. The van der Waals surface area contributed by atoms with Crippen molar-refractivity contribution in [1.82, 2.24) is 9.88 Å². The van der Waals surface area contributed by atoms with Crippen LogP contribution >= 0.6 is 47.1 Å². The molecule has 1 aromatic rings. The molecule has 0 aromatic carbocycles. The van der Waals surface area contributed by atoms with Crippen LogP contribution in [0, 0.1) is 13.8 Å². The van der Waals surface area contributed by atoms with Crippen LogP contribution in [0.4, 0.5) is 0 Å². The van der Waals surface area contributed by atoms with E-state index < -0.39 is 0 Å². The maximum Gasteiger partial charge on any atom is 0.191 e. The largest absolute Gasteiger partial charge is 0.370 e. The average Bonchev–Trinajstić information content (AvgIpc) is 2.69. The van der Waals surface area contributed by atoms with Crippen LogP contribution in [0.25, 0.3) is 0 Å². The molecule has 1 aromatic heterocycles. The van der Waals surface area contributed by atoms with Crippen LogP contribution in [0.3, 0.4) is 0 Å². The van der Waals surface area contributed by atoms with Gasteiger partial charge in [-0.1, -0.05) is 0 Å². The standard InChI is InChI=1S/C12H20N4S2.HI/c1-9-11(18-10(2)15-9)3-4-14-12(13)16-5-7-17-8-6-16;/h3-8H2,1-2H3,(H2,13,14);1H. The van der Waals surface area contributed by atoms with E-state index in [0.29, 0.717) is 5.96 Å². The van der Waals surface area contributed by atoms with E-state index in [9.17, 15) is 0 Å².